The van der Waals surface area contributed by atoms with Crippen LogP contribution in [-0.4, -0.2) is 15.0 Å². The Balaban J connectivity index is 3.33. The van der Waals surface area contributed by atoms with Gasteiger partial charge in [-0.05, 0) is 0 Å². The first-order chi connectivity index (χ1) is 5.52. The zero-order chi connectivity index (χ0) is 9.30. The lowest BCUT2D eigenvalue weighted by Crippen LogP contribution is -2.16. The third kappa shape index (κ3) is 1.54. The molecule has 5 nitrogen and oxygen atoms in total. The lowest BCUT2D eigenvalue weighted by molar-refractivity contribution is 1.20. The van der Waals surface area contributed by atoms with Crippen LogP contribution in [0.4, 0.5) is 11.6 Å². The number of hydrogen-bond acceptors (Lipinski definition) is 5. The zero-order valence-electron chi connectivity index (χ0n) is 5.91. The first-order valence-corrected chi connectivity index (χ1v) is 3.69. The number of nitrogens with zero attached hydrogens (tertiary/aromatic N) is 2. The minimum Gasteiger partial charge on any atom is -0.388 e. The summed E-state index contributed by atoms with van der Waals surface area (Å²) in [6.07, 6.45) is 0. The standard InChI is InChI=1S/C5H6ClN5S/c6-2-4(8)11-3(7)1(10-2)5(9)12/h(H2,9,12)(H4,7,8,11). The molecule has 0 saturated carbocycles. The van der Waals surface area contributed by atoms with Crippen LogP contribution in [0.3, 0.4) is 0 Å². The normalized spacial score (nSPS) is 9.75. The van der Waals surface area contributed by atoms with E-state index >= 15 is 0 Å². The Hall–Kier alpha value is -1.14. The molecular weight excluding hydrogens is 198 g/mol. The molecule has 0 saturated heterocycles. The number of anilines is 2. The van der Waals surface area contributed by atoms with Gasteiger partial charge in [0, 0.05) is 0 Å². The van der Waals surface area contributed by atoms with Crippen molar-refractivity contribution in [2.75, 3.05) is 11.5 Å². The molecule has 0 amide bonds. The molecule has 7 heteroatoms. The second-order valence-corrected chi connectivity index (χ2v) is 2.80. The first kappa shape index (κ1) is 8.95. The van der Waals surface area contributed by atoms with Crippen LogP contribution in [-0.2, 0) is 0 Å². The summed E-state index contributed by atoms with van der Waals surface area (Å²) >= 11 is 10.2. The molecule has 1 aromatic heterocycles. The summed E-state index contributed by atoms with van der Waals surface area (Å²) in [6.45, 7) is 0. The van der Waals surface area contributed by atoms with Gasteiger partial charge in [-0.1, -0.05) is 23.8 Å². The van der Waals surface area contributed by atoms with E-state index in [1.165, 1.54) is 0 Å². The quantitative estimate of drug-likeness (QED) is 0.552. The van der Waals surface area contributed by atoms with Gasteiger partial charge in [0.05, 0.1) is 0 Å². The van der Waals surface area contributed by atoms with E-state index in [2.05, 4.69) is 22.2 Å². The van der Waals surface area contributed by atoms with Gasteiger partial charge in [0.25, 0.3) is 0 Å². The molecule has 0 aliphatic heterocycles. The van der Waals surface area contributed by atoms with Crippen LogP contribution in [0.2, 0.25) is 5.15 Å². The molecule has 0 radical (unpaired) electrons. The van der Waals surface area contributed by atoms with Crippen molar-refractivity contribution >= 4 is 40.4 Å². The molecule has 1 rings (SSSR count). The number of hydrogen-bond donors (Lipinski definition) is 3. The number of thiocarbonyl (C=S) groups is 1. The van der Waals surface area contributed by atoms with Gasteiger partial charge in [0.15, 0.2) is 16.8 Å². The van der Waals surface area contributed by atoms with E-state index in [0.717, 1.165) is 0 Å². The molecular formula is C5H6ClN5S. The molecule has 0 bridgehead atoms. The maximum absolute atomic E-state index is 5.56. The van der Waals surface area contributed by atoms with Crippen LogP contribution < -0.4 is 17.2 Å². The molecule has 0 atom stereocenters. The Morgan fingerprint density at radius 2 is 1.83 bits per heavy atom. The van der Waals surface area contributed by atoms with Crippen LogP contribution in [0.25, 0.3) is 0 Å². The first-order valence-electron chi connectivity index (χ1n) is 2.90. The van der Waals surface area contributed by atoms with Gasteiger partial charge in [-0.25, -0.2) is 9.97 Å². The van der Waals surface area contributed by atoms with Gasteiger partial charge in [-0.2, -0.15) is 0 Å². The number of aromatic nitrogens is 2. The van der Waals surface area contributed by atoms with Gasteiger partial charge in [-0.3, -0.25) is 0 Å². The topological polar surface area (TPSA) is 104 Å². The van der Waals surface area contributed by atoms with Crippen molar-refractivity contribution in [3.63, 3.8) is 0 Å². The summed E-state index contributed by atoms with van der Waals surface area (Å²) in [6, 6.07) is 0. The van der Waals surface area contributed by atoms with Crippen molar-refractivity contribution in [3.05, 3.63) is 10.8 Å². The second-order valence-electron chi connectivity index (χ2n) is 2.00. The van der Waals surface area contributed by atoms with Crippen molar-refractivity contribution in [3.8, 4) is 0 Å². The van der Waals surface area contributed by atoms with Gasteiger partial charge < -0.3 is 17.2 Å². The predicted octanol–water partition coefficient (Wildman–Crippen LogP) is -0.0714. The fraction of sp³-hybridized carbons (Fsp3) is 0. The monoisotopic (exact) mass is 203 g/mol. The van der Waals surface area contributed by atoms with E-state index in [9.17, 15) is 0 Å². The van der Waals surface area contributed by atoms with Crippen molar-refractivity contribution in [2.24, 2.45) is 5.73 Å². The van der Waals surface area contributed by atoms with Gasteiger partial charge in [-0.15, -0.1) is 0 Å². The Bertz CT molecular complexity index is 339. The number of nitrogen functional groups attached to an aromatic ring is 2. The van der Waals surface area contributed by atoms with E-state index in [1.54, 1.807) is 0 Å². The summed E-state index contributed by atoms with van der Waals surface area (Å²) in [4.78, 5) is 7.49. The summed E-state index contributed by atoms with van der Waals surface area (Å²) in [5, 5.41) is 0.0481. The Morgan fingerprint density at radius 3 is 2.33 bits per heavy atom. The second kappa shape index (κ2) is 3.08. The summed E-state index contributed by atoms with van der Waals surface area (Å²) < 4.78 is 0. The SMILES string of the molecule is NC(=S)c1nc(Cl)c(N)nc1N. The molecule has 0 spiro atoms. The molecule has 0 unspecified atom stereocenters. The maximum atomic E-state index is 5.56. The van der Waals surface area contributed by atoms with Crippen LogP contribution >= 0.6 is 23.8 Å². The fourth-order valence-electron chi connectivity index (χ4n) is 0.623. The van der Waals surface area contributed by atoms with Crippen molar-refractivity contribution < 1.29 is 0 Å². The highest BCUT2D eigenvalue weighted by atomic mass is 35.5. The zero-order valence-corrected chi connectivity index (χ0v) is 7.49. The molecule has 6 N–H and O–H groups in total. The van der Waals surface area contributed by atoms with E-state index in [0.29, 0.717) is 0 Å². The molecule has 1 aromatic rings. The van der Waals surface area contributed by atoms with Crippen LogP contribution in [0, 0.1) is 0 Å². The molecule has 0 fully saturated rings. The minimum atomic E-state index is 0.0434. The van der Waals surface area contributed by atoms with Crippen molar-refractivity contribution in [1.29, 1.82) is 0 Å². The number of halogens is 1. The Morgan fingerprint density at radius 1 is 1.25 bits per heavy atom. The van der Waals surface area contributed by atoms with E-state index < -0.39 is 0 Å². The lowest BCUT2D eigenvalue weighted by atomic mass is 10.4. The van der Waals surface area contributed by atoms with Crippen molar-refractivity contribution in [1.82, 2.24) is 9.97 Å². The van der Waals surface area contributed by atoms with Crippen LogP contribution in [0.15, 0.2) is 0 Å². The predicted molar refractivity (Wildman–Crippen MR) is 51.8 cm³/mol. The van der Waals surface area contributed by atoms with Crippen LogP contribution in [0.5, 0.6) is 0 Å². The highest BCUT2D eigenvalue weighted by Crippen LogP contribution is 2.16. The summed E-state index contributed by atoms with van der Waals surface area (Å²) in [5.41, 5.74) is 16.2. The largest absolute Gasteiger partial charge is 0.388 e. The van der Waals surface area contributed by atoms with Crippen molar-refractivity contribution in [2.45, 2.75) is 0 Å². The molecule has 0 aromatic carbocycles. The summed E-state index contributed by atoms with van der Waals surface area (Å²) in [7, 11) is 0. The summed E-state index contributed by atoms with van der Waals surface area (Å²) in [5.74, 6) is 0.151. The lowest BCUT2D eigenvalue weighted by Gasteiger charge is -2.03. The average molecular weight is 204 g/mol. The van der Waals surface area contributed by atoms with E-state index in [1.807, 2.05) is 0 Å². The highest BCUT2D eigenvalue weighted by Gasteiger charge is 2.09. The van der Waals surface area contributed by atoms with Gasteiger partial charge >= 0.3 is 0 Å². The van der Waals surface area contributed by atoms with Crippen LogP contribution in [0.1, 0.15) is 5.69 Å². The third-order valence-electron chi connectivity index (χ3n) is 1.14. The third-order valence-corrected chi connectivity index (χ3v) is 1.61. The van der Waals surface area contributed by atoms with E-state index in [4.69, 9.17) is 28.8 Å². The molecule has 1 heterocycles. The molecule has 0 aliphatic carbocycles. The highest BCUT2D eigenvalue weighted by molar-refractivity contribution is 7.80. The fourth-order valence-corrected chi connectivity index (χ4v) is 0.900. The Labute approximate surface area is 78.9 Å². The number of rotatable bonds is 1. The van der Waals surface area contributed by atoms with E-state index in [-0.39, 0.29) is 27.5 Å². The number of nitrogens with two attached hydrogens (primary N) is 3. The smallest absolute Gasteiger partial charge is 0.172 e. The maximum Gasteiger partial charge on any atom is 0.172 e. The van der Waals surface area contributed by atoms with Gasteiger partial charge in [0.1, 0.15) is 10.7 Å². The minimum absolute atomic E-state index is 0.0434. The average Bonchev–Trinajstić information content (AvgIpc) is 1.96. The molecule has 0 aliphatic rings. The Kier molecular flexibility index (Phi) is 2.30. The van der Waals surface area contributed by atoms with Gasteiger partial charge in [0.2, 0.25) is 0 Å². The molecule has 64 valence electrons. The molecule has 12 heavy (non-hydrogen) atoms.